The fourth-order valence-corrected chi connectivity index (χ4v) is 3.69. The molecule has 5 nitrogen and oxygen atoms in total. The zero-order chi connectivity index (χ0) is 22.1. The van der Waals surface area contributed by atoms with Gasteiger partial charge in [-0.1, -0.05) is 80.6 Å². The highest BCUT2D eigenvalue weighted by atomic mass is 16.2. The monoisotopic (exact) mass is 417 g/mol. The Hall–Kier alpha value is -3.18. The van der Waals surface area contributed by atoms with Crippen LogP contribution in [-0.4, -0.2) is 36.3 Å². The van der Waals surface area contributed by atoms with Gasteiger partial charge in [-0.25, -0.2) is 0 Å². The molecule has 0 radical (unpaired) electrons. The van der Waals surface area contributed by atoms with E-state index in [0.717, 1.165) is 41.5 Å². The van der Waals surface area contributed by atoms with Gasteiger partial charge >= 0.3 is 0 Å². The van der Waals surface area contributed by atoms with E-state index >= 15 is 0 Å². The largest absolute Gasteiger partial charge is 0.350 e. The average Bonchev–Trinajstić information content (AvgIpc) is 2.80. The number of carbonyl (C=O) groups excluding carboxylic acids is 2. The highest BCUT2D eigenvalue weighted by molar-refractivity contribution is 5.91. The quantitative estimate of drug-likeness (QED) is 0.529. The molecule has 0 bridgehead atoms. The second kappa shape index (κ2) is 11.3. The molecule has 0 aliphatic rings. The van der Waals surface area contributed by atoms with Gasteiger partial charge in [-0.15, -0.1) is 0 Å². The zero-order valence-corrected chi connectivity index (χ0v) is 18.4. The summed E-state index contributed by atoms with van der Waals surface area (Å²) in [6.07, 6.45) is 0.251. The molecule has 0 aromatic heterocycles. The van der Waals surface area contributed by atoms with E-state index in [9.17, 15) is 9.59 Å². The Morgan fingerprint density at radius 1 is 0.742 bits per heavy atom. The number of hydrogen-bond acceptors (Lipinski definition) is 3. The van der Waals surface area contributed by atoms with Gasteiger partial charge in [0.1, 0.15) is 0 Å². The zero-order valence-electron chi connectivity index (χ0n) is 18.4. The number of carbonyl (C=O) groups is 2. The second-order valence-electron chi connectivity index (χ2n) is 7.60. The fraction of sp³-hybridized carbons (Fsp3) is 0.308. The maximum Gasteiger partial charge on any atom is 0.239 e. The summed E-state index contributed by atoms with van der Waals surface area (Å²) in [7, 11) is 0. The number of benzene rings is 3. The predicted molar refractivity (Wildman–Crippen MR) is 126 cm³/mol. The van der Waals surface area contributed by atoms with Crippen molar-refractivity contribution in [2.75, 3.05) is 19.6 Å². The molecule has 2 amide bonds. The molecule has 0 aliphatic heterocycles. The summed E-state index contributed by atoms with van der Waals surface area (Å²) in [6, 6.07) is 22.1. The minimum absolute atomic E-state index is 0.0260. The van der Waals surface area contributed by atoms with Gasteiger partial charge in [0.05, 0.1) is 13.0 Å². The van der Waals surface area contributed by atoms with E-state index in [4.69, 9.17) is 0 Å². The van der Waals surface area contributed by atoms with Crippen LogP contribution in [0.4, 0.5) is 0 Å². The molecule has 0 saturated carbocycles. The predicted octanol–water partition coefficient (Wildman–Crippen LogP) is 3.66. The van der Waals surface area contributed by atoms with Crippen LogP contribution in [0.1, 0.15) is 30.5 Å². The molecule has 0 fully saturated rings. The van der Waals surface area contributed by atoms with Gasteiger partial charge in [0.2, 0.25) is 11.8 Å². The van der Waals surface area contributed by atoms with Crippen LogP contribution < -0.4 is 10.6 Å². The molecule has 31 heavy (non-hydrogen) atoms. The number of hydrogen-bond donors (Lipinski definition) is 2. The highest BCUT2D eigenvalue weighted by Crippen LogP contribution is 2.18. The van der Waals surface area contributed by atoms with Crippen molar-refractivity contribution >= 4 is 22.6 Å². The van der Waals surface area contributed by atoms with Crippen molar-refractivity contribution in [3.05, 3.63) is 83.4 Å². The molecule has 0 atom stereocenters. The Labute approximate surface area is 184 Å². The number of nitrogens with zero attached hydrogens (tertiary/aromatic N) is 1. The summed E-state index contributed by atoms with van der Waals surface area (Å²) in [5, 5.41) is 7.83. The lowest BCUT2D eigenvalue weighted by atomic mass is 10.0. The van der Waals surface area contributed by atoms with Gasteiger partial charge in [-0.05, 0) is 40.6 Å². The highest BCUT2D eigenvalue weighted by Gasteiger charge is 2.10. The van der Waals surface area contributed by atoms with Crippen LogP contribution in [-0.2, 0) is 29.1 Å². The van der Waals surface area contributed by atoms with Crippen molar-refractivity contribution in [2.45, 2.75) is 33.4 Å². The van der Waals surface area contributed by atoms with Crippen LogP contribution in [0.5, 0.6) is 0 Å². The van der Waals surface area contributed by atoms with Gasteiger partial charge in [0, 0.05) is 13.1 Å². The number of nitrogens with one attached hydrogen (secondary N) is 2. The molecule has 0 aliphatic carbocycles. The minimum Gasteiger partial charge on any atom is -0.350 e. The first-order valence-corrected chi connectivity index (χ1v) is 10.9. The van der Waals surface area contributed by atoms with Crippen LogP contribution in [0.3, 0.4) is 0 Å². The third kappa shape index (κ3) is 6.40. The molecule has 5 heteroatoms. The summed E-state index contributed by atoms with van der Waals surface area (Å²) in [5.41, 5.74) is 3.28. The van der Waals surface area contributed by atoms with Crippen molar-refractivity contribution < 1.29 is 9.59 Å². The molecule has 3 aromatic rings. The maximum atomic E-state index is 12.4. The van der Waals surface area contributed by atoms with Crippen LogP contribution in [0.2, 0.25) is 0 Å². The van der Waals surface area contributed by atoms with Crippen LogP contribution >= 0.6 is 0 Å². The van der Waals surface area contributed by atoms with Gasteiger partial charge in [-0.2, -0.15) is 0 Å². The molecule has 3 rings (SSSR count). The molecule has 0 spiro atoms. The average molecular weight is 418 g/mol. The number of rotatable bonds is 10. The van der Waals surface area contributed by atoms with E-state index < -0.39 is 0 Å². The lowest BCUT2D eigenvalue weighted by molar-refractivity contribution is -0.125. The third-order valence-corrected chi connectivity index (χ3v) is 5.56. The molecular formula is C26H31N3O2. The molecular weight excluding hydrogens is 386 g/mol. The van der Waals surface area contributed by atoms with Gasteiger partial charge in [-0.3, -0.25) is 14.5 Å². The summed E-state index contributed by atoms with van der Waals surface area (Å²) >= 11 is 0. The first-order valence-electron chi connectivity index (χ1n) is 10.9. The van der Waals surface area contributed by atoms with E-state index in [0.29, 0.717) is 6.54 Å². The van der Waals surface area contributed by atoms with Crippen molar-refractivity contribution in [3.63, 3.8) is 0 Å². The normalized spacial score (nSPS) is 10.9. The van der Waals surface area contributed by atoms with Crippen molar-refractivity contribution in [2.24, 2.45) is 0 Å². The molecule has 0 unspecified atom stereocenters. The summed E-state index contributed by atoms with van der Waals surface area (Å²) in [4.78, 5) is 27.0. The molecule has 0 saturated heterocycles. The fourth-order valence-electron chi connectivity index (χ4n) is 3.69. The lowest BCUT2D eigenvalue weighted by Gasteiger charge is -2.20. The van der Waals surface area contributed by atoms with Crippen molar-refractivity contribution in [1.82, 2.24) is 15.5 Å². The van der Waals surface area contributed by atoms with Gasteiger partial charge < -0.3 is 10.6 Å². The van der Waals surface area contributed by atoms with Gasteiger partial charge in [0.25, 0.3) is 0 Å². The van der Waals surface area contributed by atoms with E-state index in [1.807, 2.05) is 60.7 Å². The van der Waals surface area contributed by atoms with Crippen LogP contribution in [0, 0.1) is 0 Å². The van der Waals surface area contributed by atoms with Gasteiger partial charge in [0.15, 0.2) is 0 Å². The number of amides is 2. The van der Waals surface area contributed by atoms with E-state index in [1.165, 1.54) is 5.56 Å². The smallest absolute Gasteiger partial charge is 0.239 e. The van der Waals surface area contributed by atoms with E-state index in [1.54, 1.807) is 0 Å². The van der Waals surface area contributed by atoms with Crippen molar-refractivity contribution in [3.8, 4) is 0 Å². The van der Waals surface area contributed by atoms with E-state index in [-0.39, 0.29) is 24.8 Å². The summed E-state index contributed by atoms with van der Waals surface area (Å²) in [6.45, 7) is 7.56. The van der Waals surface area contributed by atoms with Crippen molar-refractivity contribution in [1.29, 1.82) is 0 Å². The molecule has 162 valence electrons. The maximum absolute atomic E-state index is 12.4. The molecule has 2 N–H and O–H groups in total. The van der Waals surface area contributed by atoms with E-state index in [2.05, 4.69) is 35.4 Å². The number of fused-ring (bicyclic) bond motifs is 1. The first-order chi connectivity index (χ1) is 15.1. The first kappa shape index (κ1) is 22.5. The standard InChI is InChI=1S/C26H31N3O2/c1-3-29(4-2)19-23-12-6-5-11-22(23)17-27-26(31)18-28-25(30)16-21-14-9-13-20-10-7-8-15-24(20)21/h5-15H,3-4,16-19H2,1-2H3,(H,27,31)(H,28,30). The Morgan fingerprint density at radius 2 is 1.39 bits per heavy atom. The second-order valence-corrected chi connectivity index (χ2v) is 7.60. The summed E-state index contributed by atoms with van der Waals surface area (Å²) < 4.78 is 0. The Morgan fingerprint density at radius 3 is 2.16 bits per heavy atom. The SMILES string of the molecule is CCN(CC)Cc1ccccc1CNC(=O)CNC(=O)Cc1cccc2ccccc12. The summed E-state index contributed by atoms with van der Waals surface area (Å²) in [5.74, 6) is -0.350. The Bertz CT molecular complexity index is 1020. The third-order valence-electron chi connectivity index (χ3n) is 5.56. The van der Waals surface area contributed by atoms with Crippen LogP contribution in [0.25, 0.3) is 10.8 Å². The minimum atomic E-state index is -0.191. The Balaban J connectivity index is 1.50. The van der Waals surface area contributed by atoms with Crippen LogP contribution in [0.15, 0.2) is 66.7 Å². The Kier molecular flexibility index (Phi) is 8.19. The molecule has 0 heterocycles. The topological polar surface area (TPSA) is 61.4 Å². The molecule has 3 aromatic carbocycles. The lowest BCUT2D eigenvalue weighted by Crippen LogP contribution is -2.37.